The topological polar surface area (TPSA) is 40.5 Å². The fourth-order valence-electron chi connectivity index (χ4n) is 2.32. The summed E-state index contributed by atoms with van der Waals surface area (Å²) in [4.78, 5) is 0. The lowest BCUT2D eigenvalue weighted by atomic mass is 9.98. The van der Waals surface area contributed by atoms with Crippen molar-refractivity contribution >= 4 is 0 Å². The average Bonchev–Trinajstić information content (AvgIpc) is 2.25. The summed E-state index contributed by atoms with van der Waals surface area (Å²) in [5.41, 5.74) is 0. The molecule has 0 bridgehead atoms. The maximum absolute atomic E-state index is 9.09. The number of quaternary nitrogens is 1. The summed E-state index contributed by atoms with van der Waals surface area (Å²) in [6, 6.07) is 0. The third-order valence-corrected chi connectivity index (χ3v) is 3.52. The molecule has 0 aliphatic heterocycles. The van der Waals surface area contributed by atoms with Gasteiger partial charge in [-0.15, -0.1) is 0 Å². The van der Waals surface area contributed by atoms with E-state index in [2.05, 4.69) is 20.9 Å². The molecule has 0 aromatic rings. The highest BCUT2D eigenvalue weighted by molar-refractivity contribution is 4.57. The van der Waals surface area contributed by atoms with Crippen molar-refractivity contribution in [2.75, 3.05) is 39.9 Å². The van der Waals surface area contributed by atoms with E-state index in [-0.39, 0.29) is 25.6 Å². The number of likely N-dealkylation sites (N-methyl/N-ethyl adjacent to an activating group) is 1. The summed E-state index contributed by atoms with van der Waals surface area (Å²) in [5.74, 6) is 0.725. The van der Waals surface area contributed by atoms with Gasteiger partial charge in [0.05, 0.1) is 26.8 Å². The van der Waals surface area contributed by atoms with E-state index in [1.807, 2.05) is 0 Å². The number of aliphatic hydroxyl groups excluding tert-OH is 2. The van der Waals surface area contributed by atoms with Gasteiger partial charge < -0.3 is 27.1 Å². The Morgan fingerprint density at radius 2 is 1.59 bits per heavy atom. The number of halogens is 1. The van der Waals surface area contributed by atoms with Gasteiger partial charge >= 0.3 is 0 Å². The number of rotatable bonds is 10. The summed E-state index contributed by atoms with van der Waals surface area (Å²) >= 11 is 0. The van der Waals surface area contributed by atoms with Gasteiger partial charge in [0.1, 0.15) is 13.1 Å². The number of unbranched alkanes of at least 4 members (excludes halogenated alkanes) is 1. The molecule has 17 heavy (non-hydrogen) atoms. The molecule has 4 heteroatoms. The minimum absolute atomic E-state index is 0. The van der Waals surface area contributed by atoms with Crippen molar-refractivity contribution in [1.29, 1.82) is 0 Å². The predicted octanol–water partition coefficient (Wildman–Crippen LogP) is -1.36. The summed E-state index contributed by atoms with van der Waals surface area (Å²) in [6.07, 6.45) is 5.01. The smallest absolute Gasteiger partial charge is 0.102 e. The maximum Gasteiger partial charge on any atom is 0.102 e. The van der Waals surface area contributed by atoms with Crippen molar-refractivity contribution in [3.63, 3.8) is 0 Å². The van der Waals surface area contributed by atoms with Crippen LogP contribution in [-0.2, 0) is 0 Å². The zero-order chi connectivity index (χ0) is 12.4. The number of nitrogens with zero attached hydrogens (tertiary/aromatic N) is 1. The molecule has 0 rings (SSSR count). The van der Waals surface area contributed by atoms with Gasteiger partial charge in [0.2, 0.25) is 0 Å². The van der Waals surface area contributed by atoms with E-state index in [0.717, 1.165) is 30.0 Å². The molecule has 0 saturated heterocycles. The monoisotopic (exact) mass is 267 g/mol. The SMILES string of the molecule is CCCCC(CC)C[N+](C)(CCO)CCO.[Cl-]. The van der Waals surface area contributed by atoms with Crippen LogP contribution in [0.1, 0.15) is 39.5 Å². The van der Waals surface area contributed by atoms with Crippen LogP contribution >= 0.6 is 0 Å². The van der Waals surface area contributed by atoms with Crippen molar-refractivity contribution < 1.29 is 27.1 Å². The quantitative estimate of drug-likeness (QED) is 0.480. The summed E-state index contributed by atoms with van der Waals surface area (Å²) < 4.78 is 0.801. The predicted molar refractivity (Wildman–Crippen MR) is 68.3 cm³/mol. The molecule has 0 fully saturated rings. The Balaban J connectivity index is 0. The highest BCUT2D eigenvalue weighted by Crippen LogP contribution is 2.17. The van der Waals surface area contributed by atoms with E-state index in [9.17, 15) is 0 Å². The Hall–Kier alpha value is 0.170. The molecule has 0 radical (unpaired) electrons. The second kappa shape index (κ2) is 11.3. The minimum Gasteiger partial charge on any atom is -1.00 e. The lowest BCUT2D eigenvalue weighted by Gasteiger charge is -2.36. The van der Waals surface area contributed by atoms with E-state index in [0.29, 0.717) is 0 Å². The lowest BCUT2D eigenvalue weighted by molar-refractivity contribution is -0.913. The summed E-state index contributed by atoms with van der Waals surface area (Å²) in [7, 11) is 2.14. The van der Waals surface area contributed by atoms with Crippen LogP contribution in [0.5, 0.6) is 0 Å². The molecule has 3 nitrogen and oxygen atoms in total. The van der Waals surface area contributed by atoms with Crippen LogP contribution in [0.3, 0.4) is 0 Å². The van der Waals surface area contributed by atoms with Crippen molar-refractivity contribution in [2.24, 2.45) is 5.92 Å². The first-order valence-corrected chi connectivity index (χ1v) is 6.67. The zero-order valence-electron chi connectivity index (χ0n) is 11.7. The van der Waals surface area contributed by atoms with Crippen LogP contribution in [0.25, 0.3) is 0 Å². The van der Waals surface area contributed by atoms with E-state index in [1.54, 1.807) is 0 Å². The Labute approximate surface area is 113 Å². The second-order valence-electron chi connectivity index (χ2n) is 5.11. The molecule has 0 heterocycles. The molecule has 0 aliphatic carbocycles. The normalized spacial score (nSPS) is 13.2. The Morgan fingerprint density at radius 1 is 1.06 bits per heavy atom. The third kappa shape index (κ3) is 8.83. The molecular formula is C13H30ClNO2. The Bertz CT molecular complexity index is 161. The van der Waals surface area contributed by atoms with E-state index < -0.39 is 0 Å². The molecular weight excluding hydrogens is 238 g/mol. The Morgan fingerprint density at radius 3 is 1.94 bits per heavy atom. The molecule has 2 N–H and O–H groups in total. The molecule has 0 spiro atoms. The van der Waals surface area contributed by atoms with E-state index in [4.69, 9.17) is 10.2 Å². The van der Waals surface area contributed by atoms with Crippen LogP contribution in [0.4, 0.5) is 0 Å². The molecule has 1 unspecified atom stereocenters. The molecule has 0 saturated carbocycles. The standard InChI is InChI=1S/C13H30NO2.ClH/c1-4-6-7-13(5-2)12-14(3,8-10-15)9-11-16;/h13,15-16H,4-12H2,1-3H3;1H/q+1;/p-1. The average molecular weight is 268 g/mol. The zero-order valence-corrected chi connectivity index (χ0v) is 12.4. The Kier molecular flexibility index (Phi) is 12.9. The van der Waals surface area contributed by atoms with E-state index >= 15 is 0 Å². The van der Waals surface area contributed by atoms with Gasteiger partial charge in [-0.05, 0) is 12.8 Å². The fourth-order valence-corrected chi connectivity index (χ4v) is 2.32. The number of hydrogen-bond donors (Lipinski definition) is 2. The largest absolute Gasteiger partial charge is 1.00 e. The van der Waals surface area contributed by atoms with Gasteiger partial charge in [-0.2, -0.15) is 0 Å². The van der Waals surface area contributed by atoms with Gasteiger partial charge in [-0.25, -0.2) is 0 Å². The molecule has 0 aliphatic rings. The highest BCUT2D eigenvalue weighted by atomic mass is 35.5. The number of hydrogen-bond acceptors (Lipinski definition) is 2. The van der Waals surface area contributed by atoms with Gasteiger partial charge in [0.15, 0.2) is 0 Å². The van der Waals surface area contributed by atoms with Crippen LogP contribution in [-0.4, -0.2) is 54.6 Å². The molecule has 0 amide bonds. The first-order chi connectivity index (χ1) is 7.61. The van der Waals surface area contributed by atoms with Crippen LogP contribution in [0.2, 0.25) is 0 Å². The van der Waals surface area contributed by atoms with Crippen molar-refractivity contribution in [3.05, 3.63) is 0 Å². The van der Waals surface area contributed by atoms with Crippen molar-refractivity contribution in [1.82, 2.24) is 0 Å². The molecule has 1 atom stereocenters. The highest BCUT2D eigenvalue weighted by Gasteiger charge is 2.24. The first kappa shape index (κ1) is 19.5. The van der Waals surface area contributed by atoms with Crippen LogP contribution in [0.15, 0.2) is 0 Å². The molecule has 0 aromatic heterocycles. The third-order valence-electron chi connectivity index (χ3n) is 3.52. The lowest BCUT2D eigenvalue weighted by Crippen LogP contribution is -3.00. The van der Waals surface area contributed by atoms with Gasteiger partial charge in [0.25, 0.3) is 0 Å². The van der Waals surface area contributed by atoms with Crippen molar-refractivity contribution in [2.45, 2.75) is 39.5 Å². The van der Waals surface area contributed by atoms with Gasteiger partial charge in [-0.1, -0.05) is 26.7 Å². The van der Waals surface area contributed by atoms with Gasteiger partial charge in [0, 0.05) is 5.92 Å². The van der Waals surface area contributed by atoms with Crippen LogP contribution < -0.4 is 12.4 Å². The minimum atomic E-state index is 0. The van der Waals surface area contributed by atoms with E-state index in [1.165, 1.54) is 25.7 Å². The van der Waals surface area contributed by atoms with Gasteiger partial charge in [-0.3, -0.25) is 0 Å². The molecule has 106 valence electrons. The first-order valence-electron chi connectivity index (χ1n) is 6.67. The van der Waals surface area contributed by atoms with Crippen LogP contribution in [0, 0.1) is 5.92 Å². The number of aliphatic hydroxyl groups is 2. The maximum atomic E-state index is 9.09. The molecule has 0 aromatic carbocycles. The summed E-state index contributed by atoms with van der Waals surface area (Å²) in [6.45, 7) is 7.47. The fraction of sp³-hybridized carbons (Fsp3) is 1.00. The summed E-state index contributed by atoms with van der Waals surface area (Å²) in [5, 5.41) is 18.2. The van der Waals surface area contributed by atoms with Crippen molar-refractivity contribution in [3.8, 4) is 0 Å². The second-order valence-corrected chi connectivity index (χ2v) is 5.11.